The second-order valence-electron chi connectivity index (χ2n) is 3.14. The van der Waals surface area contributed by atoms with Gasteiger partial charge >= 0.3 is 0 Å². The molecule has 1 fully saturated rings. The summed E-state index contributed by atoms with van der Waals surface area (Å²) in [7, 11) is 0. The third-order valence-electron chi connectivity index (χ3n) is 2.24. The summed E-state index contributed by atoms with van der Waals surface area (Å²) in [4.78, 5) is 0. The molecule has 1 saturated heterocycles. The zero-order valence-electron chi connectivity index (χ0n) is 6.86. The van der Waals surface area contributed by atoms with Crippen molar-refractivity contribution in [3.63, 3.8) is 0 Å². The van der Waals surface area contributed by atoms with Gasteiger partial charge < -0.3 is 5.11 Å². The molecule has 12 heavy (non-hydrogen) atoms. The van der Waals surface area contributed by atoms with Crippen LogP contribution in [0.5, 0.6) is 0 Å². The van der Waals surface area contributed by atoms with Gasteiger partial charge in [0, 0.05) is 17.4 Å². The van der Waals surface area contributed by atoms with Crippen LogP contribution >= 0.6 is 11.8 Å². The Kier molecular flexibility index (Phi) is 2.38. The van der Waals surface area contributed by atoms with Gasteiger partial charge in [0.2, 0.25) is 0 Å². The fraction of sp³-hybridized carbons (Fsp3) is 0.400. The van der Waals surface area contributed by atoms with Crippen molar-refractivity contribution in [3.05, 3.63) is 35.4 Å². The van der Waals surface area contributed by atoms with Crippen LogP contribution in [0.3, 0.4) is 0 Å². The molecule has 1 heterocycles. The van der Waals surface area contributed by atoms with Gasteiger partial charge in [-0.3, -0.25) is 0 Å². The Hall–Kier alpha value is -0.470. The first-order valence-electron chi connectivity index (χ1n) is 4.17. The van der Waals surface area contributed by atoms with E-state index in [0.29, 0.717) is 0 Å². The van der Waals surface area contributed by atoms with Crippen LogP contribution in [0.4, 0.5) is 0 Å². The minimum absolute atomic E-state index is 0.160. The quantitative estimate of drug-likeness (QED) is 0.751. The van der Waals surface area contributed by atoms with Crippen LogP contribution in [0.25, 0.3) is 0 Å². The van der Waals surface area contributed by atoms with E-state index >= 15 is 0 Å². The molecule has 0 saturated carbocycles. The van der Waals surface area contributed by atoms with Gasteiger partial charge in [0.25, 0.3) is 0 Å². The van der Waals surface area contributed by atoms with Crippen molar-refractivity contribution in [2.45, 2.75) is 12.5 Å². The van der Waals surface area contributed by atoms with E-state index in [0.717, 1.165) is 11.5 Å². The highest BCUT2D eigenvalue weighted by Gasteiger charge is 2.19. The molecule has 1 aromatic rings. The monoisotopic (exact) mass is 180 g/mol. The van der Waals surface area contributed by atoms with Crippen LogP contribution in [0.1, 0.15) is 17.0 Å². The molecule has 0 atom stereocenters. The van der Waals surface area contributed by atoms with Crippen molar-refractivity contribution < 1.29 is 5.11 Å². The molecule has 1 aliphatic rings. The van der Waals surface area contributed by atoms with Crippen LogP contribution in [0, 0.1) is 0 Å². The van der Waals surface area contributed by atoms with E-state index in [4.69, 9.17) is 5.11 Å². The lowest BCUT2D eigenvalue weighted by Gasteiger charge is -2.25. The molecule has 1 nitrogen and oxygen atoms in total. The maximum atomic E-state index is 8.93. The van der Waals surface area contributed by atoms with E-state index in [2.05, 4.69) is 12.1 Å². The summed E-state index contributed by atoms with van der Waals surface area (Å²) < 4.78 is 0. The van der Waals surface area contributed by atoms with Crippen molar-refractivity contribution in [2.24, 2.45) is 0 Å². The minimum atomic E-state index is 0.160. The highest BCUT2D eigenvalue weighted by Crippen LogP contribution is 2.33. The molecule has 2 rings (SSSR count). The smallest absolute Gasteiger partial charge is 0.0681 e. The van der Waals surface area contributed by atoms with E-state index in [-0.39, 0.29) is 6.61 Å². The third kappa shape index (κ3) is 1.50. The molecule has 1 N–H and O–H groups in total. The van der Waals surface area contributed by atoms with Crippen LogP contribution < -0.4 is 0 Å². The fourth-order valence-corrected chi connectivity index (χ4v) is 2.23. The maximum Gasteiger partial charge on any atom is 0.0681 e. The average Bonchev–Trinajstić information content (AvgIpc) is 2.02. The van der Waals surface area contributed by atoms with Gasteiger partial charge in [-0.05, 0) is 11.1 Å². The maximum absolute atomic E-state index is 8.93. The van der Waals surface area contributed by atoms with Crippen molar-refractivity contribution in [1.29, 1.82) is 0 Å². The normalized spacial score (nSPS) is 17.4. The van der Waals surface area contributed by atoms with Crippen molar-refractivity contribution in [2.75, 3.05) is 11.5 Å². The van der Waals surface area contributed by atoms with Crippen LogP contribution in [0.2, 0.25) is 0 Å². The summed E-state index contributed by atoms with van der Waals surface area (Å²) in [5.74, 6) is 3.23. The largest absolute Gasteiger partial charge is 0.392 e. The summed E-state index contributed by atoms with van der Waals surface area (Å²) in [6.45, 7) is 0.160. The van der Waals surface area contributed by atoms with Crippen LogP contribution in [0.15, 0.2) is 24.3 Å². The van der Waals surface area contributed by atoms with Crippen LogP contribution in [-0.2, 0) is 6.61 Å². The van der Waals surface area contributed by atoms with Crippen molar-refractivity contribution >= 4 is 11.8 Å². The van der Waals surface area contributed by atoms with Gasteiger partial charge in [-0.1, -0.05) is 24.3 Å². The number of thioether (sulfide) groups is 1. The lowest BCUT2D eigenvalue weighted by Crippen LogP contribution is -2.15. The number of benzene rings is 1. The first-order valence-corrected chi connectivity index (χ1v) is 5.33. The second kappa shape index (κ2) is 3.50. The van der Waals surface area contributed by atoms with E-state index < -0.39 is 0 Å². The molecule has 64 valence electrons. The third-order valence-corrected chi connectivity index (χ3v) is 3.52. The molecule has 0 bridgehead atoms. The molecular formula is C10H12OS. The second-order valence-corrected chi connectivity index (χ2v) is 4.21. The van der Waals surface area contributed by atoms with E-state index in [1.54, 1.807) is 0 Å². The standard InChI is InChI=1S/C10H12OS/c11-5-8-2-1-3-9(4-8)10-6-12-7-10/h1-4,10-11H,5-7H2. The van der Waals surface area contributed by atoms with Gasteiger partial charge in [-0.15, -0.1) is 0 Å². The average molecular weight is 180 g/mol. The Morgan fingerprint density at radius 2 is 2.25 bits per heavy atom. The van der Waals surface area contributed by atoms with Crippen molar-refractivity contribution in [3.8, 4) is 0 Å². The van der Waals surface area contributed by atoms with Gasteiger partial charge in [0.15, 0.2) is 0 Å². The Labute approximate surface area is 76.8 Å². The first-order chi connectivity index (χ1) is 5.90. The predicted octanol–water partition coefficient (Wildman–Crippen LogP) is 2.01. The number of aliphatic hydroxyl groups excluding tert-OH is 1. The summed E-state index contributed by atoms with van der Waals surface area (Å²) in [6.07, 6.45) is 0. The topological polar surface area (TPSA) is 20.2 Å². The number of hydrogen-bond donors (Lipinski definition) is 1. The Morgan fingerprint density at radius 1 is 1.42 bits per heavy atom. The van der Waals surface area contributed by atoms with E-state index in [9.17, 15) is 0 Å². The fourth-order valence-electron chi connectivity index (χ4n) is 1.37. The van der Waals surface area contributed by atoms with Gasteiger partial charge in [-0.25, -0.2) is 0 Å². The highest BCUT2D eigenvalue weighted by molar-refractivity contribution is 8.00. The molecular weight excluding hydrogens is 168 g/mol. The van der Waals surface area contributed by atoms with E-state index in [1.807, 2.05) is 23.9 Å². The zero-order valence-corrected chi connectivity index (χ0v) is 7.68. The summed E-state index contributed by atoms with van der Waals surface area (Å²) in [5.41, 5.74) is 2.42. The molecule has 0 spiro atoms. The summed E-state index contributed by atoms with van der Waals surface area (Å²) >= 11 is 1.99. The minimum Gasteiger partial charge on any atom is -0.392 e. The molecule has 1 aromatic carbocycles. The molecule has 0 aliphatic carbocycles. The summed E-state index contributed by atoms with van der Waals surface area (Å²) in [5, 5.41) is 8.93. The number of rotatable bonds is 2. The predicted molar refractivity (Wildman–Crippen MR) is 52.4 cm³/mol. The SMILES string of the molecule is OCc1cccc(C2CSC2)c1. The van der Waals surface area contributed by atoms with Crippen molar-refractivity contribution in [1.82, 2.24) is 0 Å². The van der Waals surface area contributed by atoms with Gasteiger partial charge in [-0.2, -0.15) is 11.8 Å². The Balaban J connectivity index is 2.19. The molecule has 0 amide bonds. The lowest BCUT2D eigenvalue weighted by molar-refractivity contribution is 0.281. The molecule has 0 aromatic heterocycles. The van der Waals surface area contributed by atoms with Gasteiger partial charge in [0.05, 0.1) is 6.61 Å². The molecule has 0 unspecified atom stereocenters. The van der Waals surface area contributed by atoms with Gasteiger partial charge in [0.1, 0.15) is 0 Å². The lowest BCUT2D eigenvalue weighted by atomic mass is 10.0. The summed E-state index contributed by atoms with van der Waals surface area (Å²) in [6, 6.07) is 8.27. The highest BCUT2D eigenvalue weighted by atomic mass is 32.2. The van der Waals surface area contributed by atoms with Crippen LogP contribution in [-0.4, -0.2) is 16.6 Å². The Bertz CT molecular complexity index is 268. The Morgan fingerprint density at radius 3 is 2.83 bits per heavy atom. The molecule has 2 heteroatoms. The van der Waals surface area contributed by atoms with E-state index in [1.165, 1.54) is 17.1 Å². The zero-order chi connectivity index (χ0) is 8.39. The first kappa shape index (κ1) is 8.14. The molecule has 1 aliphatic heterocycles. The number of hydrogen-bond acceptors (Lipinski definition) is 2. The molecule has 0 radical (unpaired) electrons. The number of aliphatic hydroxyl groups is 1.